The Balaban J connectivity index is 2.38. The van der Waals surface area contributed by atoms with Crippen LogP contribution in [0.1, 0.15) is 103 Å². The molecule has 0 aliphatic rings. The van der Waals surface area contributed by atoms with Gasteiger partial charge in [-0.2, -0.15) is 0 Å². The van der Waals surface area contributed by atoms with E-state index in [1.807, 2.05) is 19.1 Å². The lowest BCUT2D eigenvalue weighted by Gasteiger charge is -2.36. The van der Waals surface area contributed by atoms with E-state index in [9.17, 15) is 4.79 Å². The molecule has 1 rings (SSSR count). The fraction of sp³-hybridized carbons (Fsp3) is 0.750. The number of nitrogens with zero attached hydrogens (tertiary/aromatic N) is 1. The number of esters is 1. The minimum atomic E-state index is -0.125. The number of unbranched alkanes of at least 4 members (excludes halogenated alkanes) is 11. The first-order valence-corrected chi connectivity index (χ1v) is 13.1. The van der Waals surface area contributed by atoms with Crippen LogP contribution in [0.4, 0.5) is 0 Å². The number of carbonyl (C=O) groups is 1. The average molecular weight is 449 g/mol. The zero-order chi connectivity index (χ0) is 23.7. The molecule has 184 valence electrons. The van der Waals surface area contributed by atoms with Crippen molar-refractivity contribution in [2.24, 2.45) is 0 Å². The maximum absolute atomic E-state index is 12.8. The van der Waals surface area contributed by atoms with Gasteiger partial charge in [0.25, 0.3) is 0 Å². The first-order valence-electron chi connectivity index (χ1n) is 13.1. The molecule has 32 heavy (non-hydrogen) atoms. The summed E-state index contributed by atoms with van der Waals surface area (Å²) in [4.78, 5) is 12.8. The maximum Gasteiger partial charge on any atom is 0.364 e. The molecule has 1 aromatic rings. The molecule has 0 aromatic heterocycles. The van der Waals surface area contributed by atoms with Crippen molar-refractivity contribution in [3.05, 3.63) is 29.8 Å². The quantitative estimate of drug-likeness (QED) is 0.127. The van der Waals surface area contributed by atoms with E-state index in [1.165, 1.54) is 76.2 Å². The fourth-order valence-corrected chi connectivity index (χ4v) is 4.48. The molecule has 0 spiro atoms. The molecule has 4 nitrogen and oxygen atoms in total. The van der Waals surface area contributed by atoms with Crippen molar-refractivity contribution in [2.45, 2.75) is 110 Å². The van der Waals surface area contributed by atoms with Crippen molar-refractivity contribution in [3.8, 4) is 5.75 Å². The van der Waals surface area contributed by atoms with Gasteiger partial charge in [0.2, 0.25) is 0 Å². The second-order valence-electron chi connectivity index (χ2n) is 9.73. The number of benzene rings is 1. The summed E-state index contributed by atoms with van der Waals surface area (Å²) in [5.74, 6) is 0.798. The Morgan fingerprint density at radius 1 is 0.812 bits per heavy atom. The van der Waals surface area contributed by atoms with Gasteiger partial charge in [0, 0.05) is 12.0 Å². The van der Waals surface area contributed by atoms with Crippen LogP contribution in [0.2, 0.25) is 0 Å². The average Bonchev–Trinajstić information content (AvgIpc) is 2.77. The van der Waals surface area contributed by atoms with Gasteiger partial charge in [-0.25, -0.2) is 4.79 Å². The van der Waals surface area contributed by atoms with Crippen LogP contribution in [0.25, 0.3) is 0 Å². The van der Waals surface area contributed by atoms with Crippen LogP contribution in [0.3, 0.4) is 0 Å². The van der Waals surface area contributed by atoms with Crippen LogP contribution < -0.4 is 4.74 Å². The maximum atomic E-state index is 12.8. The number of hydrogen-bond donors (Lipinski definition) is 0. The summed E-state index contributed by atoms with van der Waals surface area (Å²) in [5, 5.41) is 0. The standard InChI is InChI=1S/C28H50NO3/c1-6-8-9-10-11-12-13-14-15-16-17-18-19-27(28(30)32-7-2)29(3,4)24-25-20-22-26(31-5)23-21-25/h20-23,27H,6-19,24H2,1-5H3/q+1/t27-/m1/s1. The van der Waals surface area contributed by atoms with E-state index in [2.05, 4.69) is 33.2 Å². The monoisotopic (exact) mass is 448 g/mol. The number of methoxy groups -OCH3 is 1. The third-order valence-corrected chi connectivity index (χ3v) is 6.48. The van der Waals surface area contributed by atoms with Gasteiger partial charge in [0.05, 0.1) is 27.8 Å². The number of rotatable bonds is 19. The molecular formula is C28H50NO3+. The minimum Gasteiger partial charge on any atom is -0.497 e. The van der Waals surface area contributed by atoms with E-state index in [0.29, 0.717) is 11.1 Å². The Bertz CT molecular complexity index is 597. The fourth-order valence-electron chi connectivity index (χ4n) is 4.48. The highest BCUT2D eigenvalue weighted by molar-refractivity contribution is 5.74. The highest BCUT2D eigenvalue weighted by atomic mass is 16.5. The molecular weight excluding hydrogens is 398 g/mol. The van der Waals surface area contributed by atoms with E-state index in [-0.39, 0.29) is 12.0 Å². The van der Waals surface area contributed by atoms with Gasteiger partial charge < -0.3 is 14.0 Å². The predicted molar refractivity (Wildman–Crippen MR) is 135 cm³/mol. The number of likely N-dealkylation sites (N-methyl/N-ethyl adjacent to an activating group) is 1. The van der Waals surface area contributed by atoms with Crippen molar-refractivity contribution in [1.29, 1.82) is 0 Å². The Kier molecular flexibility index (Phi) is 15.1. The zero-order valence-electron chi connectivity index (χ0n) is 21.7. The van der Waals surface area contributed by atoms with Gasteiger partial charge >= 0.3 is 5.97 Å². The Hall–Kier alpha value is -1.55. The molecule has 0 heterocycles. The molecule has 1 atom stereocenters. The molecule has 0 saturated carbocycles. The molecule has 1 aromatic carbocycles. The summed E-state index contributed by atoms with van der Waals surface area (Å²) in [6, 6.07) is 8.02. The molecule has 4 heteroatoms. The van der Waals surface area contributed by atoms with Gasteiger partial charge in [0.15, 0.2) is 6.04 Å². The van der Waals surface area contributed by atoms with Crippen molar-refractivity contribution >= 4 is 5.97 Å². The van der Waals surface area contributed by atoms with Crippen LogP contribution in [-0.2, 0) is 16.1 Å². The molecule has 0 N–H and O–H groups in total. The van der Waals surface area contributed by atoms with Crippen LogP contribution in [0, 0.1) is 0 Å². The highest BCUT2D eigenvalue weighted by Gasteiger charge is 2.35. The minimum absolute atomic E-state index is 0.0610. The molecule has 0 radical (unpaired) electrons. The van der Waals surface area contributed by atoms with E-state index < -0.39 is 0 Å². The first-order chi connectivity index (χ1) is 15.4. The lowest BCUT2D eigenvalue weighted by atomic mass is 10.0. The number of hydrogen-bond acceptors (Lipinski definition) is 3. The van der Waals surface area contributed by atoms with Crippen molar-refractivity contribution < 1.29 is 18.8 Å². The summed E-state index contributed by atoms with van der Waals surface area (Å²) in [7, 11) is 5.97. The second kappa shape index (κ2) is 17.0. The molecule has 0 amide bonds. The normalized spacial score (nSPS) is 12.5. The number of ether oxygens (including phenoxy) is 2. The highest BCUT2D eigenvalue weighted by Crippen LogP contribution is 2.22. The molecule has 0 saturated heterocycles. The number of quaternary nitrogens is 1. The lowest BCUT2D eigenvalue weighted by Crippen LogP contribution is -2.52. The second-order valence-corrected chi connectivity index (χ2v) is 9.73. The lowest BCUT2D eigenvalue weighted by molar-refractivity contribution is -0.920. The van der Waals surface area contributed by atoms with Gasteiger partial charge in [-0.1, -0.05) is 77.6 Å². The number of carbonyl (C=O) groups excluding carboxylic acids is 1. The smallest absolute Gasteiger partial charge is 0.364 e. The summed E-state index contributed by atoms with van der Waals surface area (Å²) in [6.45, 7) is 5.40. The third kappa shape index (κ3) is 11.9. The largest absolute Gasteiger partial charge is 0.497 e. The SMILES string of the molecule is CCCCCCCCCCCCCC[C@H](C(=O)OCC)[N+](C)(C)Cc1ccc(OC)cc1. The van der Waals surface area contributed by atoms with E-state index in [0.717, 1.165) is 25.1 Å². The summed E-state index contributed by atoms with van der Waals surface area (Å²) >= 11 is 0. The Morgan fingerprint density at radius 2 is 1.31 bits per heavy atom. The Labute approximate surface area is 198 Å². The molecule has 0 bridgehead atoms. The van der Waals surface area contributed by atoms with Crippen LogP contribution in [0.15, 0.2) is 24.3 Å². The summed E-state index contributed by atoms with van der Waals surface area (Å²) < 4.78 is 11.3. The van der Waals surface area contributed by atoms with Crippen LogP contribution in [0.5, 0.6) is 5.75 Å². The topological polar surface area (TPSA) is 35.5 Å². The molecule has 0 unspecified atom stereocenters. The van der Waals surface area contributed by atoms with E-state index >= 15 is 0 Å². The summed E-state index contributed by atoms with van der Waals surface area (Å²) in [6.07, 6.45) is 16.8. The van der Waals surface area contributed by atoms with Crippen molar-refractivity contribution in [1.82, 2.24) is 0 Å². The van der Waals surface area contributed by atoms with Crippen molar-refractivity contribution in [3.63, 3.8) is 0 Å². The van der Waals surface area contributed by atoms with Crippen LogP contribution >= 0.6 is 0 Å². The van der Waals surface area contributed by atoms with Gasteiger partial charge in [-0.15, -0.1) is 0 Å². The molecule has 0 aliphatic heterocycles. The van der Waals surface area contributed by atoms with Crippen LogP contribution in [-0.4, -0.2) is 44.3 Å². The van der Waals surface area contributed by atoms with E-state index in [4.69, 9.17) is 9.47 Å². The Morgan fingerprint density at radius 3 is 1.78 bits per heavy atom. The first kappa shape index (κ1) is 28.5. The van der Waals surface area contributed by atoms with Gasteiger partial charge in [-0.3, -0.25) is 0 Å². The third-order valence-electron chi connectivity index (χ3n) is 6.48. The van der Waals surface area contributed by atoms with E-state index in [1.54, 1.807) is 7.11 Å². The molecule has 0 aliphatic carbocycles. The molecule has 0 fully saturated rings. The summed E-state index contributed by atoms with van der Waals surface area (Å²) in [5.41, 5.74) is 1.21. The predicted octanol–water partition coefficient (Wildman–Crippen LogP) is 7.29. The van der Waals surface area contributed by atoms with Gasteiger partial charge in [-0.05, 0) is 37.6 Å². The van der Waals surface area contributed by atoms with Crippen molar-refractivity contribution in [2.75, 3.05) is 27.8 Å². The zero-order valence-corrected chi connectivity index (χ0v) is 21.7. The van der Waals surface area contributed by atoms with Gasteiger partial charge in [0.1, 0.15) is 12.3 Å².